The first-order chi connectivity index (χ1) is 19.4. The summed E-state index contributed by atoms with van der Waals surface area (Å²) in [5.74, 6) is -1.09. The molecule has 244 valence electrons. The van der Waals surface area contributed by atoms with E-state index in [1.165, 1.54) is 7.11 Å². The molecule has 0 aromatic rings. The fourth-order valence-corrected chi connectivity index (χ4v) is 4.59. The van der Waals surface area contributed by atoms with Crippen LogP contribution in [0.15, 0.2) is 0 Å². The number of carboxylic acid groups (broad SMARTS) is 1. The van der Waals surface area contributed by atoms with Crippen molar-refractivity contribution in [2.45, 2.75) is 140 Å². The molecule has 0 amide bonds. The zero-order valence-corrected chi connectivity index (χ0v) is 26.9. The van der Waals surface area contributed by atoms with Crippen LogP contribution in [0.4, 0.5) is 0 Å². The molecule has 12 nitrogen and oxygen atoms in total. The summed E-state index contributed by atoms with van der Waals surface area (Å²) in [5.41, 5.74) is 3.67. The van der Waals surface area contributed by atoms with Gasteiger partial charge in [-0.05, 0) is 66.3 Å². The predicted molar refractivity (Wildman–Crippen MR) is 160 cm³/mol. The van der Waals surface area contributed by atoms with Gasteiger partial charge in [0.1, 0.15) is 20.1 Å². The van der Waals surface area contributed by atoms with Gasteiger partial charge < -0.3 is 45.3 Å². The van der Waals surface area contributed by atoms with E-state index in [9.17, 15) is 19.8 Å². The largest absolute Gasteiger partial charge is 0.481 e. The van der Waals surface area contributed by atoms with Gasteiger partial charge in [0.05, 0.1) is 36.1 Å². The zero-order valence-electron chi connectivity index (χ0n) is 26.9. The average molecular weight is 602 g/mol. The van der Waals surface area contributed by atoms with E-state index in [0.717, 1.165) is 0 Å². The van der Waals surface area contributed by atoms with Gasteiger partial charge in [0.25, 0.3) is 0 Å². The molecule has 2 radical (unpaired) electrons. The number of aliphatic hydroxyl groups is 2. The SMILES string of the molecule is [B]C(C)(CCNC(C)(CC)C(=O)C(CCC(=O)O)NC(N)CC)OCCC(C)(C)OCC(C)C1OC1C(O)C(O)OC. The standard InChI is InChI=1S/C29H56BN3O9/c1-9-20(31)33-19(11-12-21(34)35)25(37)28(6,10-2)32-15-13-29(7,30)40-16-14-27(4,5)41-17-18(3)23-24(42-23)22(36)26(38)39-8/h18-20,22-24,26,32-33,36,38H,9-17,31H2,1-8H3,(H,34,35). The van der Waals surface area contributed by atoms with Crippen molar-refractivity contribution >= 4 is 19.6 Å². The van der Waals surface area contributed by atoms with E-state index >= 15 is 0 Å². The molecule has 1 saturated heterocycles. The Morgan fingerprint density at radius 3 is 2.29 bits per heavy atom. The van der Waals surface area contributed by atoms with E-state index in [1.54, 1.807) is 6.92 Å². The Labute approximate surface area is 253 Å². The Kier molecular flexibility index (Phi) is 16.1. The van der Waals surface area contributed by atoms with Gasteiger partial charge in [-0.15, -0.1) is 0 Å². The number of methoxy groups -OCH3 is 1. The van der Waals surface area contributed by atoms with Crippen molar-refractivity contribution in [3.8, 4) is 0 Å². The Morgan fingerprint density at radius 1 is 1.10 bits per heavy atom. The van der Waals surface area contributed by atoms with Gasteiger partial charge in [0, 0.05) is 31.6 Å². The number of epoxide rings is 1. The summed E-state index contributed by atoms with van der Waals surface area (Å²) in [4.78, 5) is 24.6. The molecule has 1 fully saturated rings. The van der Waals surface area contributed by atoms with Crippen molar-refractivity contribution in [2.75, 3.05) is 26.9 Å². The van der Waals surface area contributed by atoms with Crippen molar-refractivity contribution in [1.82, 2.24) is 10.6 Å². The zero-order chi connectivity index (χ0) is 32.3. The summed E-state index contributed by atoms with van der Waals surface area (Å²) in [5, 5.41) is 35.2. The van der Waals surface area contributed by atoms with Crippen LogP contribution in [0.2, 0.25) is 0 Å². The van der Waals surface area contributed by atoms with Gasteiger partial charge in [-0.1, -0.05) is 20.8 Å². The highest BCUT2D eigenvalue weighted by Crippen LogP contribution is 2.34. The first-order valence-corrected chi connectivity index (χ1v) is 15.1. The molecule has 42 heavy (non-hydrogen) atoms. The maximum atomic E-state index is 13.5. The van der Waals surface area contributed by atoms with Crippen LogP contribution in [0.5, 0.6) is 0 Å². The third-order valence-corrected chi connectivity index (χ3v) is 8.07. The molecule has 7 N–H and O–H groups in total. The van der Waals surface area contributed by atoms with Gasteiger partial charge in [-0.3, -0.25) is 14.9 Å². The minimum absolute atomic E-state index is 0.00645. The number of ether oxygens (including phenoxy) is 4. The Morgan fingerprint density at radius 2 is 1.74 bits per heavy atom. The molecule has 0 aromatic heterocycles. The number of nitrogens with one attached hydrogen (secondary N) is 2. The minimum atomic E-state index is -1.29. The first kappa shape index (κ1) is 38.9. The minimum Gasteiger partial charge on any atom is -0.481 e. The average Bonchev–Trinajstić information content (AvgIpc) is 3.73. The second-order valence-corrected chi connectivity index (χ2v) is 12.5. The van der Waals surface area contributed by atoms with Crippen LogP contribution in [-0.4, -0.2) is 115 Å². The second kappa shape index (κ2) is 17.4. The summed E-state index contributed by atoms with van der Waals surface area (Å²) in [6.45, 7) is 14.5. The molecule has 9 unspecified atom stereocenters. The second-order valence-electron chi connectivity index (χ2n) is 12.5. The summed E-state index contributed by atoms with van der Waals surface area (Å²) < 4.78 is 22.4. The van der Waals surface area contributed by atoms with Gasteiger partial charge in [0.2, 0.25) is 0 Å². The highest BCUT2D eigenvalue weighted by molar-refractivity contribution is 6.14. The van der Waals surface area contributed by atoms with Crippen LogP contribution in [0.3, 0.4) is 0 Å². The molecule has 1 heterocycles. The van der Waals surface area contributed by atoms with Crippen molar-refractivity contribution in [3.63, 3.8) is 0 Å². The Bertz CT molecular complexity index is 834. The Hall–Kier alpha value is -1.16. The quantitative estimate of drug-likeness (QED) is 0.0526. The fraction of sp³-hybridized carbons (Fsp3) is 0.931. The molecule has 1 rings (SSSR count). The summed E-state index contributed by atoms with van der Waals surface area (Å²) in [7, 11) is 7.73. The monoisotopic (exact) mass is 601 g/mol. The smallest absolute Gasteiger partial charge is 0.303 e. The molecule has 0 bridgehead atoms. The van der Waals surface area contributed by atoms with Gasteiger partial charge in [0.15, 0.2) is 12.1 Å². The van der Waals surface area contributed by atoms with Crippen LogP contribution in [0, 0.1) is 5.92 Å². The van der Waals surface area contributed by atoms with Crippen LogP contribution in [0.25, 0.3) is 0 Å². The van der Waals surface area contributed by atoms with E-state index in [4.69, 9.17) is 37.6 Å². The molecule has 1 aliphatic heterocycles. The van der Waals surface area contributed by atoms with Crippen LogP contribution < -0.4 is 16.4 Å². The summed E-state index contributed by atoms with van der Waals surface area (Å²) >= 11 is 0. The van der Waals surface area contributed by atoms with E-state index in [0.29, 0.717) is 45.4 Å². The van der Waals surface area contributed by atoms with Crippen molar-refractivity contribution in [2.24, 2.45) is 11.7 Å². The number of aliphatic hydroxyl groups excluding tert-OH is 2. The number of nitrogens with two attached hydrogens (primary N) is 1. The lowest BCUT2D eigenvalue weighted by molar-refractivity contribution is -0.149. The van der Waals surface area contributed by atoms with Gasteiger partial charge in [-0.25, -0.2) is 0 Å². The van der Waals surface area contributed by atoms with Gasteiger partial charge in [-0.2, -0.15) is 0 Å². The molecule has 0 spiro atoms. The summed E-state index contributed by atoms with van der Waals surface area (Å²) in [6, 6.07) is -0.682. The molecule has 0 aromatic carbocycles. The number of carbonyl (C=O) groups excluding carboxylic acids is 1. The topological polar surface area (TPSA) is 185 Å². The third-order valence-electron chi connectivity index (χ3n) is 8.07. The normalized spacial score (nSPS) is 23.7. The molecule has 1 aliphatic rings. The van der Waals surface area contributed by atoms with E-state index in [1.807, 2.05) is 41.5 Å². The highest BCUT2D eigenvalue weighted by Gasteiger charge is 2.50. The number of carboxylic acids is 1. The number of ketones is 1. The molecular weight excluding hydrogens is 545 g/mol. The van der Waals surface area contributed by atoms with E-state index in [2.05, 4.69) is 10.6 Å². The van der Waals surface area contributed by atoms with Crippen LogP contribution in [0.1, 0.15) is 87.0 Å². The molecule has 0 saturated carbocycles. The lowest BCUT2D eigenvalue weighted by Gasteiger charge is -2.35. The van der Waals surface area contributed by atoms with Crippen molar-refractivity contribution in [1.29, 1.82) is 0 Å². The summed E-state index contributed by atoms with van der Waals surface area (Å²) in [6.07, 6.45) is -1.36. The molecule has 9 atom stereocenters. The number of hydrogen-bond acceptors (Lipinski definition) is 11. The van der Waals surface area contributed by atoms with Crippen LogP contribution in [-0.2, 0) is 28.5 Å². The number of hydrogen-bond donors (Lipinski definition) is 6. The predicted octanol–water partition coefficient (Wildman–Crippen LogP) is 1.04. The van der Waals surface area contributed by atoms with Crippen molar-refractivity contribution in [3.05, 3.63) is 0 Å². The third kappa shape index (κ3) is 13.2. The van der Waals surface area contributed by atoms with Crippen LogP contribution >= 0.6 is 0 Å². The first-order valence-electron chi connectivity index (χ1n) is 15.1. The van der Waals surface area contributed by atoms with E-state index < -0.39 is 53.3 Å². The van der Waals surface area contributed by atoms with Gasteiger partial charge >= 0.3 is 5.97 Å². The Balaban J connectivity index is 2.53. The van der Waals surface area contributed by atoms with E-state index in [-0.39, 0.29) is 30.6 Å². The maximum Gasteiger partial charge on any atom is 0.303 e. The van der Waals surface area contributed by atoms with Crippen molar-refractivity contribution < 1.29 is 43.9 Å². The molecule has 0 aliphatic carbocycles. The molecular formula is C29H56BN3O9. The number of Topliss-reactive ketones (excluding diaryl/α,β-unsaturated/α-hetero) is 1. The highest BCUT2D eigenvalue weighted by atomic mass is 16.6. The number of rotatable bonds is 24. The number of carbonyl (C=O) groups is 2. The maximum absolute atomic E-state index is 13.5. The molecule has 13 heteroatoms. The lowest BCUT2D eigenvalue weighted by atomic mass is 9.79. The fourth-order valence-electron chi connectivity index (χ4n) is 4.59. The number of aliphatic carboxylic acids is 1. The lowest BCUT2D eigenvalue weighted by Crippen LogP contribution is -2.59.